The van der Waals surface area contributed by atoms with Crippen LogP contribution < -0.4 is 0 Å². The summed E-state index contributed by atoms with van der Waals surface area (Å²) in [5.74, 6) is 0.756. The lowest BCUT2D eigenvalue weighted by atomic mass is 9.42. The molecule has 8 saturated carbocycles. The van der Waals surface area contributed by atoms with E-state index in [9.17, 15) is 30.0 Å². The maximum atomic E-state index is 13.6. The van der Waals surface area contributed by atoms with Gasteiger partial charge in [0.25, 0.3) is 0 Å². The molecule has 8 aliphatic carbocycles. The number of ether oxygens (including phenoxy) is 1. The van der Waals surface area contributed by atoms with Crippen molar-refractivity contribution in [3.63, 3.8) is 0 Å². The Morgan fingerprint density at radius 1 is 0.600 bits per heavy atom. The van der Waals surface area contributed by atoms with Crippen molar-refractivity contribution in [1.82, 2.24) is 0 Å². The van der Waals surface area contributed by atoms with Gasteiger partial charge < -0.3 is 25.2 Å². The molecule has 5 unspecified atom stereocenters. The van der Waals surface area contributed by atoms with Crippen LogP contribution >= 0.6 is 0 Å². The van der Waals surface area contributed by atoms with Crippen LogP contribution in [0.25, 0.3) is 0 Å². The summed E-state index contributed by atoms with van der Waals surface area (Å²) in [6.07, 6.45) is 21.4. The first kappa shape index (κ1) is 40.6. The summed E-state index contributed by atoms with van der Waals surface area (Å²) in [6, 6.07) is 0. The molecule has 4 N–H and O–H groups in total. The van der Waals surface area contributed by atoms with Gasteiger partial charge in [0.2, 0.25) is 5.79 Å². The van der Waals surface area contributed by atoms with Crippen LogP contribution in [-0.4, -0.2) is 43.9 Å². The topological polar surface area (TPSA) is 124 Å². The molecule has 17 atom stereocenters. The molecule has 0 aromatic heterocycles. The maximum absolute atomic E-state index is 13.6. The summed E-state index contributed by atoms with van der Waals surface area (Å²) in [7, 11) is 0. The second-order valence-electron chi connectivity index (χ2n) is 22.9. The molecule has 0 saturated heterocycles. The van der Waals surface area contributed by atoms with E-state index in [1.807, 2.05) is 0 Å². The van der Waals surface area contributed by atoms with E-state index in [0.29, 0.717) is 54.3 Å². The first-order valence-corrected chi connectivity index (χ1v) is 23.5. The first-order valence-electron chi connectivity index (χ1n) is 23.5. The van der Waals surface area contributed by atoms with Crippen molar-refractivity contribution in [3.05, 3.63) is 0 Å². The highest BCUT2D eigenvalue weighted by atomic mass is 16.7. The second-order valence-corrected chi connectivity index (χ2v) is 22.9. The van der Waals surface area contributed by atoms with Crippen molar-refractivity contribution >= 4 is 11.9 Å². The van der Waals surface area contributed by atoms with E-state index in [0.717, 1.165) is 55.8 Å². The van der Waals surface area contributed by atoms with Gasteiger partial charge in [-0.25, -0.2) is 0 Å². The summed E-state index contributed by atoms with van der Waals surface area (Å²) in [5, 5.41) is 45.0. The summed E-state index contributed by atoms with van der Waals surface area (Å²) in [6.45, 7) is 14.5. The fraction of sp³-hybridized carbons (Fsp3) is 0.958. The Kier molecular flexibility index (Phi) is 10.5. The molecular weight excluding hydrogens is 689 g/mol. The highest BCUT2D eigenvalue weighted by Gasteiger charge is 2.68. The zero-order chi connectivity index (χ0) is 39.3. The number of hydrogen-bond acceptors (Lipinski definition) is 6. The Morgan fingerprint density at radius 2 is 1.18 bits per heavy atom. The molecule has 0 aromatic rings. The first-order chi connectivity index (χ1) is 25.8. The molecule has 0 heterocycles. The minimum atomic E-state index is -1.85. The second kappa shape index (κ2) is 14.2. The Labute approximate surface area is 332 Å². The molecule has 0 amide bonds. The number of carbonyl (C=O) groups is 2. The molecule has 312 valence electrons. The van der Waals surface area contributed by atoms with Gasteiger partial charge in [-0.05, 0) is 183 Å². The number of fused-ring (bicyclic) bond motifs is 10. The van der Waals surface area contributed by atoms with Gasteiger partial charge in [0.15, 0.2) is 5.79 Å². The third kappa shape index (κ3) is 6.60. The molecule has 8 aliphatic rings. The largest absolute Gasteiger partial charge is 0.481 e. The summed E-state index contributed by atoms with van der Waals surface area (Å²) in [4.78, 5) is 24.9. The smallest absolute Gasteiger partial charge is 0.308 e. The highest BCUT2D eigenvalue weighted by Crippen LogP contribution is 2.71. The van der Waals surface area contributed by atoms with E-state index in [1.54, 1.807) is 0 Å². The number of rotatable bonds is 9. The van der Waals surface area contributed by atoms with Crippen LogP contribution in [0, 0.1) is 92.7 Å². The highest BCUT2D eigenvalue weighted by molar-refractivity contribution is 5.69. The lowest BCUT2D eigenvalue weighted by molar-refractivity contribution is -0.321. The molecule has 0 aliphatic heterocycles. The quantitative estimate of drug-likeness (QED) is 0.136. The zero-order valence-corrected chi connectivity index (χ0v) is 35.5. The number of carboxylic acid groups (broad SMARTS) is 1. The van der Waals surface area contributed by atoms with Crippen LogP contribution in [0.4, 0.5) is 0 Å². The van der Waals surface area contributed by atoms with E-state index < -0.39 is 17.5 Å². The fourth-order valence-corrected chi connectivity index (χ4v) is 17.9. The Hall–Kier alpha value is -1.18. The molecule has 0 radical (unpaired) electrons. The SMILES string of the molecule is C[C@H](CCC(=O)O)[C@H]1CC[C@H]2[C@H]3[C@H](CC[C@]12C)[C@@]1(C)CC[C@](O)(OC(=O)CC[C@@H](C)[C@H]2CCC4C5CCC6CCCC[C@]6(C)C5CC[C@@]42C)CC1CC3(O)O. The van der Waals surface area contributed by atoms with E-state index in [2.05, 4.69) is 41.5 Å². The number of carbonyl (C=O) groups excluding carboxylic acids is 1. The average molecular weight is 767 g/mol. The lowest BCUT2D eigenvalue weighted by Gasteiger charge is -2.64. The number of hydrogen-bond donors (Lipinski definition) is 4. The monoisotopic (exact) mass is 767 g/mol. The van der Waals surface area contributed by atoms with Crippen LogP contribution in [0.1, 0.15) is 183 Å². The van der Waals surface area contributed by atoms with Crippen molar-refractivity contribution in [3.8, 4) is 0 Å². The fourth-order valence-electron chi connectivity index (χ4n) is 17.9. The van der Waals surface area contributed by atoms with Crippen LogP contribution in [0.5, 0.6) is 0 Å². The van der Waals surface area contributed by atoms with Gasteiger partial charge in [0.05, 0.1) is 0 Å². The maximum Gasteiger partial charge on any atom is 0.308 e. The number of aliphatic hydroxyl groups is 3. The van der Waals surface area contributed by atoms with Gasteiger partial charge in [-0.1, -0.05) is 54.4 Å². The van der Waals surface area contributed by atoms with Gasteiger partial charge in [-0.2, -0.15) is 0 Å². The van der Waals surface area contributed by atoms with Crippen LogP contribution in [0.15, 0.2) is 0 Å². The van der Waals surface area contributed by atoms with E-state index in [4.69, 9.17) is 4.74 Å². The van der Waals surface area contributed by atoms with Crippen molar-refractivity contribution in [2.75, 3.05) is 0 Å². The van der Waals surface area contributed by atoms with Gasteiger partial charge >= 0.3 is 11.9 Å². The normalized spacial score (nSPS) is 50.9. The molecule has 7 nitrogen and oxygen atoms in total. The van der Waals surface area contributed by atoms with Crippen molar-refractivity contribution in [1.29, 1.82) is 0 Å². The minimum absolute atomic E-state index is 0.0376. The zero-order valence-electron chi connectivity index (χ0n) is 35.5. The summed E-state index contributed by atoms with van der Waals surface area (Å²) >= 11 is 0. The van der Waals surface area contributed by atoms with Gasteiger partial charge in [0.1, 0.15) is 0 Å². The average Bonchev–Trinajstić information content (AvgIpc) is 3.66. The van der Waals surface area contributed by atoms with Gasteiger partial charge in [-0.3, -0.25) is 9.59 Å². The van der Waals surface area contributed by atoms with E-state index in [1.165, 1.54) is 64.2 Å². The molecule has 55 heavy (non-hydrogen) atoms. The van der Waals surface area contributed by atoms with Crippen LogP contribution in [-0.2, 0) is 14.3 Å². The molecule has 0 bridgehead atoms. The molecule has 8 rings (SSSR count). The van der Waals surface area contributed by atoms with Crippen molar-refractivity contribution in [2.24, 2.45) is 92.7 Å². The predicted molar refractivity (Wildman–Crippen MR) is 213 cm³/mol. The van der Waals surface area contributed by atoms with Gasteiger partial charge in [-0.15, -0.1) is 0 Å². The van der Waals surface area contributed by atoms with Crippen LogP contribution in [0.3, 0.4) is 0 Å². The predicted octanol–water partition coefficient (Wildman–Crippen LogP) is 10.1. The molecule has 7 heteroatoms. The molecule has 0 aromatic carbocycles. The molecule has 0 spiro atoms. The Morgan fingerprint density at radius 3 is 1.87 bits per heavy atom. The van der Waals surface area contributed by atoms with Crippen molar-refractivity contribution in [2.45, 2.75) is 194 Å². The standard InChI is InChI=1S/C48H78O7/c1-29(10-18-40(49)50)35-15-17-38-42-39(21-24-46(35,38)6)44(4)25-26-47(52,27-32(44)28-48(42,53)54)55-41(51)19-11-30(2)34-14-16-36-33-13-12-31-9-7-8-22-43(31,3)37(33)20-23-45(34,36)5/h29-39,42,52-54H,7-28H2,1-6H3,(H,49,50)/t29-,30-,31?,32?,33?,34-,35-,36?,37?,38+,39+,42+,43+,44+,45-,46-,47+/m1/s1. The number of carboxylic acids is 1. The Balaban J connectivity index is 0.873. The van der Waals surface area contributed by atoms with Gasteiger partial charge in [0, 0.05) is 38.0 Å². The third-order valence-corrected chi connectivity index (χ3v) is 20.8. The third-order valence-electron chi connectivity index (χ3n) is 20.8. The van der Waals surface area contributed by atoms with Crippen molar-refractivity contribution < 1.29 is 34.8 Å². The summed E-state index contributed by atoms with van der Waals surface area (Å²) in [5.41, 5.74) is 0.721. The minimum Gasteiger partial charge on any atom is -0.481 e. The lowest BCUT2D eigenvalue weighted by Crippen LogP contribution is -2.65. The molecule has 8 fully saturated rings. The van der Waals surface area contributed by atoms with E-state index in [-0.39, 0.29) is 65.7 Å². The van der Waals surface area contributed by atoms with E-state index >= 15 is 0 Å². The Bertz CT molecular complexity index is 1460. The molecular formula is C48H78O7. The van der Waals surface area contributed by atoms with Crippen LogP contribution in [0.2, 0.25) is 0 Å². The number of esters is 1. The summed E-state index contributed by atoms with van der Waals surface area (Å²) < 4.78 is 6.03. The number of aliphatic carboxylic acids is 1.